The van der Waals surface area contributed by atoms with Crippen molar-refractivity contribution in [1.29, 1.82) is 0 Å². The van der Waals surface area contributed by atoms with Crippen molar-refractivity contribution >= 4 is 11.6 Å². The number of nitrogens with zero attached hydrogens (tertiary/aromatic N) is 1. The first-order valence-corrected chi connectivity index (χ1v) is 6.04. The van der Waals surface area contributed by atoms with Crippen molar-refractivity contribution in [3.05, 3.63) is 58.9 Å². The molecule has 0 saturated heterocycles. The second-order valence-corrected chi connectivity index (χ2v) is 4.41. The van der Waals surface area contributed by atoms with Gasteiger partial charge in [0.2, 0.25) is 0 Å². The lowest BCUT2D eigenvalue weighted by molar-refractivity contribution is 0.198. The second kappa shape index (κ2) is 5.85. The zero-order chi connectivity index (χ0) is 13.0. The van der Waals surface area contributed by atoms with Crippen LogP contribution in [0.3, 0.4) is 0 Å². The molecule has 0 radical (unpaired) electrons. The Bertz CT molecular complexity index is 511. The Labute approximate surface area is 111 Å². The molecule has 1 unspecified atom stereocenters. The van der Waals surface area contributed by atoms with Gasteiger partial charge in [0.1, 0.15) is 17.5 Å². The molecule has 0 bridgehead atoms. The molecule has 0 fully saturated rings. The summed E-state index contributed by atoms with van der Waals surface area (Å²) in [6, 6.07) is 11.0. The third kappa shape index (κ3) is 3.45. The number of rotatable bonds is 4. The molecule has 94 valence electrons. The highest BCUT2D eigenvalue weighted by molar-refractivity contribution is 6.29. The fraction of sp³-hybridized carbons (Fsp3) is 0.214. The van der Waals surface area contributed by atoms with Gasteiger partial charge in [-0.05, 0) is 30.7 Å². The minimum Gasteiger partial charge on any atom is -0.489 e. The lowest BCUT2D eigenvalue weighted by Gasteiger charge is -2.09. The fourth-order valence-electron chi connectivity index (χ4n) is 1.52. The standard InChI is InChI=1S/C14H14ClNO2/c1-10(17)12-3-2-4-13(7-12)18-9-11-5-6-14(15)16-8-11/h2-8,10,17H,9H2,1H3. The van der Waals surface area contributed by atoms with E-state index in [0.717, 1.165) is 16.9 Å². The van der Waals surface area contributed by atoms with E-state index in [4.69, 9.17) is 16.3 Å². The van der Waals surface area contributed by atoms with Crippen LogP contribution >= 0.6 is 11.6 Å². The van der Waals surface area contributed by atoms with E-state index in [0.29, 0.717) is 11.8 Å². The Morgan fingerprint density at radius 2 is 2.17 bits per heavy atom. The first-order valence-electron chi connectivity index (χ1n) is 5.66. The predicted molar refractivity (Wildman–Crippen MR) is 70.7 cm³/mol. The number of benzene rings is 1. The highest BCUT2D eigenvalue weighted by atomic mass is 35.5. The molecule has 0 aliphatic carbocycles. The van der Waals surface area contributed by atoms with Gasteiger partial charge in [-0.2, -0.15) is 0 Å². The molecule has 3 nitrogen and oxygen atoms in total. The summed E-state index contributed by atoms with van der Waals surface area (Å²) < 4.78 is 5.63. The first-order chi connectivity index (χ1) is 8.65. The van der Waals surface area contributed by atoms with Crippen LogP contribution in [0, 0.1) is 0 Å². The van der Waals surface area contributed by atoms with E-state index in [-0.39, 0.29) is 0 Å². The van der Waals surface area contributed by atoms with Gasteiger partial charge in [-0.15, -0.1) is 0 Å². The molecule has 0 aliphatic heterocycles. The summed E-state index contributed by atoms with van der Waals surface area (Å²) in [7, 11) is 0. The molecule has 1 atom stereocenters. The van der Waals surface area contributed by atoms with E-state index in [1.807, 2.05) is 30.3 Å². The Morgan fingerprint density at radius 3 is 2.83 bits per heavy atom. The van der Waals surface area contributed by atoms with E-state index < -0.39 is 6.10 Å². The topological polar surface area (TPSA) is 42.4 Å². The zero-order valence-electron chi connectivity index (χ0n) is 10.0. The normalized spacial score (nSPS) is 12.2. The van der Waals surface area contributed by atoms with Crippen LogP contribution in [0.5, 0.6) is 5.75 Å². The van der Waals surface area contributed by atoms with Crippen molar-refractivity contribution in [2.75, 3.05) is 0 Å². The number of ether oxygens (including phenoxy) is 1. The van der Waals surface area contributed by atoms with Crippen LogP contribution in [-0.2, 0) is 6.61 Å². The van der Waals surface area contributed by atoms with E-state index in [9.17, 15) is 5.11 Å². The third-order valence-corrected chi connectivity index (χ3v) is 2.76. The summed E-state index contributed by atoms with van der Waals surface area (Å²) >= 11 is 5.70. The van der Waals surface area contributed by atoms with Gasteiger partial charge < -0.3 is 9.84 Å². The average molecular weight is 264 g/mol. The SMILES string of the molecule is CC(O)c1cccc(OCc2ccc(Cl)nc2)c1. The van der Waals surface area contributed by atoms with Gasteiger partial charge in [0.25, 0.3) is 0 Å². The monoisotopic (exact) mass is 263 g/mol. The van der Waals surface area contributed by atoms with Crippen LogP contribution in [0.1, 0.15) is 24.2 Å². The van der Waals surface area contributed by atoms with Crippen LogP contribution < -0.4 is 4.74 Å². The van der Waals surface area contributed by atoms with Crippen molar-refractivity contribution < 1.29 is 9.84 Å². The van der Waals surface area contributed by atoms with Gasteiger partial charge in [-0.25, -0.2) is 4.98 Å². The molecular formula is C14H14ClNO2. The highest BCUT2D eigenvalue weighted by Crippen LogP contribution is 2.19. The average Bonchev–Trinajstić information content (AvgIpc) is 2.38. The van der Waals surface area contributed by atoms with Crippen molar-refractivity contribution in [3.63, 3.8) is 0 Å². The van der Waals surface area contributed by atoms with Crippen molar-refractivity contribution in [3.8, 4) is 5.75 Å². The first kappa shape index (κ1) is 12.9. The largest absolute Gasteiger partial charge is 0.489 e. The fourth-order valence-corrected chi connectivity index (χ4v) is 1.63. The predicted octanol–water partition coefficient (Wildman–Crippen LogP) is 3.37. The molecule has 0 aliphatic rings. The number of aliphatic hydroxyl groups excluding tert-OH is 1. The molecule has 4 heteroatoms. The van der Waals surface area contributed by atoms with Crippen LogP contribution in [0.2, 0.25) is 5.15 Å². The van der Waals surface area contributed by atoms with Gasteiger partial charge in [0.05, 0.1) is 6.10 Å². The summed E-state index contributed by atoms with van der Waals surface area (Å²) in [5.41, 5.74) is 1.78. The Balaban J connectivity index is 2.01. The molecule has 1 aromatic heterocycles. The number of hydrogen-bond acceptors (Lipinski definition) is 3. The Kier molecular flexibility index (Phi) is 4.18. The number of aromatic nitrogens is 1. The van der Waals surface area contributed by atoms with Crippen LogP contribution in [-0.4, -0.2) is 10.1 Å². The van der Waals surface area contributed by atoms with E-state index in [2.05, 4.69) is 4.98 Å². The second-order valence-electron chi connectivity index (χ2n) is 4.03. The van der Waals surface area contributed by atoms with Gasteiger partial charge in [0.15, 0.2) is 0 Å². The quantitative estimate of drug-likeness (QED) is 0.860. The molecule has 1 heterocycles. The van der Waals surface area contributed by atoms with Crippen molar-refractivity contribution in [2.24, 2.45) is 0 Å². The van der Waals surface area contributed by atoms with Gasteiger partial charge in [0, 0.05) is 11.8 Å². The molecule has 1 aromatic carbocycles. The molecule has 2 rings (SSSR count). The lowest BCUT2D eigenvalue weighted by atomic mass is 10.1. The van der Waals surface area contributed by atoms with Gasteiger partial charge in [-0.3, -0.25) is 0 Å². The lowest BCUT2D eigenvalue weighted by Crippen LogP contribution is -1.97. The minimum atomic E-state index is -0.495. The molecule has 18 heavy (non-hydrogen) atoms. The van der Waals surface area contributed by atoms with E-state index >= 15 is 0 Å². The molecule has 0 spiro atoms. The van der Waals surface area contributed by atoms with E-state index in [1.165, 1.54) is 0 Å². The summed E-state index contributed by atoms with van der Waals surface area (Å²) in [6.45, 7) is 2.15. The Morgan fingerprint density at radius 1 is 1.33 bits per heavy atom. The van der Waals surface area contributed by atoms with Crippen LogP contribution in [0.4, 0.5) is 0 Å². The van der Waals surface area contributed by atoms with Gasteiger partial charge >= 0.3 is 0 Å². The van der Waals surface area contributed by atoms with Gasteiger partial charge in [-0.1, -0.05) is 29.8 Å². The third-order valence-electron chi connectivity index (χ3n) is 2.53. The molecular weight excluding hydrogens is 250 g/mol. The van der Waals surface area contributed by atoms with Crippen LogP contribution in [0.25, 0.3) is 0 Å². The molecule has 2 aromatic rings. The molecule has 0 saturated carbocycles. The summed E-state index contributed by atoms with van der Waals surface area (Å²) in [4.78, 5) is 3.98. The maximum absolute atomic E-state index is 9.48. The highest BCUT2D eigenvalue weighted by Gasteiger charge is 2.02. The number of pyridine rings is 1. The van der Waals surface area contributed by atoms with Crippen molar-refractivity contribution in [2.45, 2.75) is 19.6 Å². The van der Waals surface area contributed by atoms with Crippen LogP contribution in [0.15, 0.2) is 42.6 Å². The number of halogens is 1. The smallest absolute Gasteiger partial charge is 0.129 e. The number of hydrogen-bond donors (Lipinski definition) is 1. The Hall–Kier alpha value is -1.58. The summed E-state index contributed by atoms with van der Waals surface area (Å²) in [5.74, 6) is 0.725. The maximum atomic E-state index is 9.48. The maximum Gasteiger partial charge on any atom is 0.129 e. The zero-order valence-corrected chi connectivity index (χ0v) is 10.8. The van der Waals surface area contributed by atoms with E-state index in [1.54, 1.807) is 19.2 Å². The number of aliphatic hydroxyl groups is 1. The summed E-state index contributed by atoms with van der Waals surface area (Å²) in [6.07, 6.45) is 1.19. The summed E-state index contributed by atoms with van der Waals surface area (Å²) in [5, 5.41) is 9.95. The van der Waals surface area contributed by atoms with Crippen molar-refractivity contribution in [1.82, 2.24) is 4.98 Å². The minimum absolute atomic E-state index is 0.424. The molecule has 1 N–H and O–H groups in total. The molecule has 0 amide bonds.